The number of aromatic amines is 1. The Kier molecular flexibility index (Phi) is 1.84. The minimum Gasteiger partial charge on any atom is -0.360 e. The lowest BCUT2D eigenvalue weighted by atomic mass is 10.3. The maximum atomic E-state index is 11.3. The van der Waals surface area contributed by atoms with Gasteiger partial charge in [0.2, 0.25) is 0 Å². The van der Waals surface area contributed by atoms with Crippen molar-refractivity contribution in [2.24, 2.45) is 0 Å². The Morgan fingerprint density at radius 1 is 1.42 bits per heavy atom. The Morgan fingerprint density at radius 2 is 2.25 bits per heavy atom. The standard InChI is InChI=1S/C8H5IN2O/c9-6-4-10-3-5-7(12)1-2-11-8(5)6/h1-4H,(H,11,12). The largest absolute Gasteiger partial charge is 0.360 e. The van der Waals surface area contributed by atoms with Gasteiger partial charge in [0.1, 0.15) is 0 Å². The van der Waals surface area contributed by atoms with Crippen molar-refractivity contribution < 1.29 is 0 Å². The summed E-state index contributed by atoms with van der Waals surface area (Å²) >= 11 is 2.14. The van der Waals surface area contributed by atoms with Gasteiger partial charge in [-0.15, -0.1) is 0 Å². The van der Waals surface area contributed by atoms with Crippen LogP contribution < -0.4 is 5.43 Å². The van der Waals surface area contributed by atoms with E-state index in [4.69, 9.17) is 0 Å². The summed E-state index contributed by atoms with van der Waals surface area (Å²) in [6, 6.07) is 1.50. The zero-order valence-corrected chi connectivity index (χ0v) is 8.20. The highest BCUT2D eigenvalue weighted by Crippen LogP contribution is 2.12. The first kappa shape index (κ1) is 7.72. The topological polar surface area (TPSA) is 45.8 Å². The van der Waals surface area contributed by atoms with Crippen LogP contribution in [0.4, 0.5) is 0 Å². The molecule has 0 atom stereocenters. The van der Waals surface area contributed by atoms with Crippen molar-refractivity contribution in [3.05, 3.63) is 38.5 Å². The normalized spacial score (nSPS) is 10.4. The van der Waals surface area contributed by atoms with Crippen molar-refractivity contribution in [3.8, 4) is 0 Å². The molecule has 0 aliphatic rings. The second kappa shape index (κ2) is 2.85. The molecule has 12 heavy (non-hydrogen) atoms. The SMILES string of the molecule is O=c1cc[nH]c2c(I)cncc12. The molecule has 4 heteroatoms. The molecule has 0 saturated heterocycles. The Labute approximate surface area is 82.0 Å². The average Bonchev–Trinajstić information content (AvgIpc) is 2.07. The van der Waals surface area contributed by atoms with E-state index in [2.05, 4.69) is 32.6 Å². The maximum Gasteiger partial charge on any atom is 0.190 e. The summed E-state index contributed by atoms with van der Waals surface area (Å²) in [5.41, 5.74) is 0.868. The smallest absolute Gasteiger partial charge is 0.190 e. The Bertz CT molecular complexity index is 478. The van der Waals surface area contributed by atoms with E-state index < -0.39 is 0 Å². The van der Waals surface area contributed by atoms with Crippen molar-refractivity contribution in [1.82, 2.24) is 9.97 Å². The van der Waals surface area contributed by atoms with Crippen LogP contribution in [0.1, 0.15) is 0 Å². The van der Waals surface area contributed by atoms with Crippen molar-refractivity contribution in [2.75, 3.05) is 0 Å². The van der Waals surface area contributed by atoms with E-state index in [9.17, 15) is 4.79 Å². The van der Waals surface area contributed by atoms with Gasteiger partial charge in [-0.2, -0.15) is 0 Å². The summed E-state index contributed by atoms with van der Waals surface area (Å²) in [5, 5.41) is 0.643. The molecule has 60 valence electrons. The highest BCUT2D eigenvalue weighted by atomic mass is 127. The van der Waals surface area contributed by atoms with Crippen molar-refractivity contribution in [1.29, 1.82) is 0 Å². The quantitative estimate of drug-likeness (QED) is 0.739. The molecule has 2 rings (SSSR count). The van der Waals surface area contributed by atoms with Gasteiger partial charge < -0.3 is 4.98 Å². The van der Waals surface area contributed by atoms with Crippen LogP contribution in [0.5, 0.6) is 0 Å². The summed E-state index contributed by atoms with van der Waals surface area (Å²) < 4.78 is 0.961. The zero-order valence-electron chi connectivity index (χ0n) is 6.04. The fourth-order valence-corrected chi connectivity index (χ4v) is 1.67. The molecule has 0 unspecified atom stereocenters. The number of nitrogens with zero attached hydrogens (tertiary/aromatic N) is 1. The lowest BCUT2D eigenvalue weighted by Gasteiger charge is -1.96. The highest BCUT2D eigenvalue weighted by Gasteiger charge is 2.00. The lowest BCUT2D eigenvalue weighted by Crippen LogP contribution is -2.01. The number of rotatable bonds is 0. The molecule has 0 aromatic carbocycles. The number of pyridine rings is 2. The number of fused-ring (bicyclic) bond motifs is 1. The third kappa shape index (κ3) is 1.12. The van der Waals surface area contributed by atoms with Crippen molar-refractivity contribution in [3.63, 3.8) is 0 Å². The zero-order chi connectivity index (χ0) is 8.55. The van der Waals surface area contributed by atoms with Crippen LogP contribution >= 0.6 is 22.6 Å². The monoisotopic (exact) mass is 272 g/mol. The molecule has 0 bridgehead atoms. The molecule has 2 aromatic rings. The van der Waals surface area contributed by atoms with Crippen molar-refractivity contribution in [2.45, 2.75) is 0 Å². The predicted molar refractivity (Wildman–Crippen MR) is 55.1 cm³/mol. The van der Waals surface area contributed by atoms with Gasteiger partial charge >= 0.3 is 0 Å². The Hall–Kier alpha value is -0.910. The number of aromatic nitrogens is 2. The summed E-state index contributed by atoms with van der Waals surface area (Å²) in [6.45, 7) is 0. The molecule has 3 nitrogen and oxygen atoms in total. The van der Waals surface area contributed by atoms with Gasteiger partial charge in [-0.05, 0) is 22.6 Å². The van der Waals surface area contributed by atoms with Gasteiger partial charge in [-0.25, -0.2) is 0 Å². The molecule has 0 saturated carbocycles. The molecule has 1 N–H and O–H groups in total. The van der Waals surface area contributed by atoms with E-state index >= 15 is 0 Å². The Balaban J connectivity index is 3.05. The average molecular weight is 272 g/mol. The van der Waals surface area contributed by atoms with Gasteiger partial charge in [-0.3, -0.25) is 9.78 Å². The van der Waals surface area contributed by atoms with Crippen LogP contribution in [0.3, 0.4) is 0 Å². The Morgan fingerprint density at radius 3 is 3.00 bits per heavy atom. The number of nitrogens with one attached hydrogen (secondary N) is 1. The number of halogens is 1. The van der Waals surface area contributed by atoms with E-state index in [1.807, 2.05) is 0 Å². The molecule has 2 heterocycles. The molecular weight excluding hydrogens is 267 g/mol. The summed E-state index contributed by atoms with van der Waals surface area (Å²) in [5.74, 6) is 0. The second-order valence-corrected chi connectivity index (χ2v) is 3.55. The van der Waals surface area contributed by atoms with E-state index in [-0.39, 0.29) is 5.43 Å². The number of H-pyrrole nitrogens is 1. The second-order valence-electron chi connectivity index (χ2n) is 2.39. The predicted octanol–water partition coefficient (Wildman–Crippen LogP) is 1.53. The first-order valence-electron chi connectivity index (χ1n) is 3.40. The highest BCUT2D eigenvalue weighted by molar-refractivity contribution is 14.1. The van der Waals surface area contributed by atoms with Crippen LogP contribution in [-0.4, -0.2) is 9.97 Å². The molecule has 0 radical (unpaired) electrons. The minimum atomic E-state index is 0.00904. The summed E-state index contributed by atoms with van der Waals surface area (Å²) in [4.78, 5) is 18.2. The van der Waals surface area contributed by atoms with Gasteiger partial charge in [0.15, 0.2) is 5.43 Å². The molecular formula is C8H5IN2O. The van der Waals surface area contributed by atoms with Crippen LogP contribution in [0, 0.1) is 3.57 Å². The fraction of sp³-hybridized carbons (Fsp3) is 0. The molecule has 0 amide bonds. The number of hydrogen-bond acceptors (Lipinski definition) is 2. The molecule has 0 aliphatic heterocycles. The molecule has 2 aromatic heterocycles. The van der Waals surface area contributed by atoms with E-state index in [0.29, 0.717) is 5.39 Å². The van der Waals surface area contributed by atoms with E-state index in [0.717, 1.165) is 9.09 Å². The third-order valence-corrected chi connectivity index (χ3v) is 2.45. The summed E-state index contributed by atoms with van der Waals surface area (Å²) in [7, 11) is 0. The van der Waals surface area contributed by atoms with E-state index in [1.165, 1.54) is 6.07 Å². The fourth-order valence-electron chi connectivity index (χ4n) is 1.06. The first-order valence-corrected chi connectivity index (χ1v) is 4.48. The van der Waals surface area contributed by atoms with Gasteiger partial charge in [0.05, 0.1) is 14.5 Å². The van der Waals surface area contributed by atoms with Crippen LogP contribution in [0.2, 0.25) is 0 Å². The minimum absolute atomic E-state index is 0.00904. The third-order valence-electron chi connectivity index (χ3n) is 1.63. The van der Waals surface area contributed by atoms with E-state index in [1.54, 1.807) is 18.6 Å². The molecule has 0 spiro atoms. The van der Waals surface area contributed by atoms with Crippen LogP contribution in [-0.2, 0) is 0 Å². The summed E-state index contributed by atoms with van der Waals surface area (Å²) in [6.07, 6.45) is 4.95. The first-order chi connectivity index (χ1) is 5.79. The molecule has 0 fully saturated rings. The maximum absolute atomic E-state index is 11.3. The van der Waals surface area contributed by atoms with Crippen LogP contribution in [0.15, 0.2) is 29.5 Å². The lowest BCUT2D eigenvalue weighted by molar-refractivity contribution is 1.29. The van der Waals surface area contributed by atoms with Gasteiger partial charge in [0, 0.05) is 24.7 Å². The van der Waals surface area contributed by atoms with Crippen molar-refractivity contribution >= 4 is 33.5 Å². The number of hydrogen-bond donors (Lipinski definition) is 1. The van der Waals surface area contributed by atoms with Gasteiger partial charge in [-0.1, -0.05) is 0 Å². The molecule has 0 aliphatic carbocycles. The van der Waals surface area contributed by atoms with Gasteiger partial charge in [0.25, 0.3) is 0 Å². The van der Waals surface area contributed by atoms with Crippen LogP contribution in [0.25, 0.3) is 10.9 Å².